The minimum absolute atomic E-state index is 0.0902. The lowest BCUT2D eigenvalue weighted by atomic mass is 10.1. The first-order valence-electron chi connectivity index (χ1n) is 8.65. The molecule has 0 saturated carbocycles. The normalized spacial score (nSPS) is 18.5. The molecule has 0 unspecified atom stereocenters. The fourth-order valence-corrected chi connectivity index (χ4v) is 5.47. The van der Waals surface area contributed by atoms with Crippen LogP contribution in [0.1, 0.15) is 29.5 Å². The number of nitrogens with zero attached hydrogens (tertiary/aromatic N) is 2. The largest absolute Gasteiger partial charge is 0.457 e. The highest BCUT2D eigenvalue weighted by molar-refractivity contribution is 6.35. The monoisotopic (exact) mass is 354 g/mol. The van der Waals surface area contributed by atoms with E-state index < -0.39 is 0 Å². The molecule has 1 aliphatic heterocycles. The summed E-state index contributed by atoms with van der Waals surface area (Å²) in [6, 6.07) is 14.5. The summed E-state index contributed by atoms with van der Waals surface area (Å²) >= 11 is 0. The number of imidazole rings is 1. The van der Waals surface area contributed by atoms with Crippen LogP contribution in [0.5, 0.6) is 11.5 Å². The highest BCUT2D eigenvalue weighted by atomic mass is 28.2. The number of halogens is 1. The van der Waals surface area contributed by atoms with E-state index in [9.17, 15) is 9.18 Å². The molecule has 0 amide bonds. The van der Waals surface area contributed by atoms with Crippen molar-refractivity contribution in [2.45, 2.75) is 31.0 Å². The number of aldehydes is 1. The van der Waals surface area contributed by atoms with Gasteiger partial charge in [0, 0.05) is 21.6 Å². The summed E-state index contributed by atoms with van der Waals surface area (Å²) < 4.78 is 21.0. The number of hydrogen-bond donors (Lipinski definition) is 0. The molecule has 0 aliphatic carbocycles. The number of carbonyl (C=O) groups is 1. The Balaban J connectivity index is 1.73. The Kier molecular flexibility index (Phi) is 4.36. The average Bonchev–Trinajstić information content (AvgIpc) is 3.02. The van der Waals surface area contributed by atoms with E-state index >= 15 is 0 Å². The molecule has 0 radical (unpaired) electrons. The third-order valence-electron chi connectivity index (χ3n) is 4.78. The predicted molar refractivity (Wildman–Crippen MR) is 98.0 cm³/mol. The maximum Gasteiger partial charge on any atom is 0.185 e. The molecule has 128 valence electrons. The van der Waals surface area contributed by atoms with E-state index in [1.54, 1.807) is 12.1 Å². The quantitative estimate of drug-likeness (QED) is 0.523. The summed E-state index contributed by atoms with van der Waals surface area (Å²) in [5.74, 6) is 1.42. The number of carbonyl (C=O) groups excluding carboxylic acids is 1. The lowest BCUT2D eigenvalue weighted by Gasteiger charge is -2.24. The van der Waals surface area contributed by atoms with Crippen LogP contribution in [0.25, 0.3) is 11.0 Å². The standard InChI is InChI=1S/C19H19FN2O2Si/c20-13-1-3-15(4-2-13)24-16-5-6-17-18(11-16)22(19(12-23)21-17)14-7-9-25-10-8-14/h1-6,11-12,14H,7-10,25H2. The van der Waals surface area contributed by atoms with Crippen molar-refractivity contribution in [2.75, 3.05) is 0 Å². The third kappa shape index (κ3) is 3.22. The predicted octanol–water partition coefficient (Wildman–Crippen LogP) is 4.12. The van der Waals surface area contributed by atoms with Gasteiger partial charge in [-0.1, -0.05) is 12.1 Å². The van der Waals surface area contributed by atoms with E-state index in [0.29, 0.717) is 23.4 Å². The molecule has 1 saturated heterocycles. The van der Waals surface area contributed by atoms with Gasteiger partial charge in [-0.3, -0.25) is 4.79 Å². The zero-order chi connectivity index (χ0) is 17.2. The van der Waals surface area contributed by atoms with Gasteiger partial charge in [-0.2, -0.15) is 0 Å². The Hall–Kier alpha value is -2.47. The van der Waals surface area contributed by atoms with Gasteiger partial charge < -0.3 is 9.30 Å². The Morgan fingerprint density at radius 2 is 1.84 bits per heavy atom. The van der Waals surface area contributed by atoms with E-state index in [2.05, 4.69) is 9.55 Å². The molecule has 2 aromatic carbocycles. The Labute approximate surface area is 147 Å². The first kappa shape index (κ1) is 16.0. The number of rotatable bonds is 4. The summed E-state index contributed by atoms with van der Waals surface area (Å²) in [6.07, 6.45) is 3.09. The molecule has 4 rings (SSSR count). The Morgan fingerprint density at radius 3 is 2.56 bits per heavy atom. The highest BCUT2D eigenvalue weighted by Gasteiger charge is 2.21. The van der Waals surface area contributed by atoms with Crippen molar-refractivity contribution in [3.63, 3.8) is 0 Å². The van der Waals surface area contributed by atoms with Crippen LogP contribution in [-0.2, 0) is 0 Å². The number of aromatic nitrogens is 2. The van der Waals surface area contributed by atoms with Crippen LogP contribution in [0, 0.1) is 5.82 Å². The van der Waals surface area contributed by atoms with Crippen molar-refractivity contribution in [1.82, 2.24) is 9.55 Å². The van der Waals surface area contributed by atoms with Crippen molar-refractivity contribution in [2.24, 2.45) is 0 Å². The number of ether oxygens (including phenoxy) is 1. The summed E-state index contributed by atoms with van der Waals surface area (Å²) in [7, 11) is 0.0902. The zero-order valence-electron chi connectivity index (χ0n) is 13.8. The van der Waals surface area contributed by atoms with Crippen LogP contribution in [-0.4, -0.2) is 25.4 Å². The van der Waals surface area contributed by atoms with Crippen molar-refractivity contribution in [3.8, 4) is 11.5 Å². The Morgan fingerprint density at radius 1 is 1.12 bits per heavy atom. The van der Waals surface area contributed by atoms with Crippen LogP contribution >= 0.6 is 0 Å². The molecule has 0 N–H and O–H groups in total. The van der Waals surface area contributed by atoms with Crippen molar-refractivity contribution >= 4 is 26.8 Å². The SMILES string of the molecule is O=Cc1nc2ccc(Oc3ccc(F)cc3)cc2n1C1CC[SiH2]CC1. The second-order valence-corrected chi connectivity index (χ2v) is 8.58. The minimum Gasteiger partial charge on any atom is -0.457 e. The first-order chi connectivity index (χ1) is 12.2. The lowest BCUT2D eigenvalue weighted by molar-refractivity contribution is 0.110. The van der Waals surface area contributed by atoms with Gasteiger partial charge in [-0.05, 0) is 49.2 Å². The molecule has 0 atom stereocenters. The van der Waals surface area contributed by atoms with Crippen molar-refractivity contribution in [1.29, 1.82) is 0 Å². The van der Waals surface area contributed by atoms with Crippen LogP contribution < -0.4 is 4.74 Å². The number of hydrogen-bond acceptors (Lipinski definition) is 3. The molecule has 4 nitrogen and oxygen atoms in total. The van der Waals surface area contributed by atoms with Gasteiger partial charge in [0.1, 0.15) is 17.3 Å². The fourth-order valence-electron chi connectivity index (χ4n) is 3.60. The second-order valence-electron chi connectivity index (χ2n) is 6.46. The molecule has 0 spiro atoms. The minimum atomic E-state index is -0.294. The summed E-state index contributed by atoms with van der Waals surface area (Å²) in [5.41, 5.74) is 1.73. The van der Waals surface area contributed by atoms with E-state index in [0.717, 1.165) is 30.2 Å². The van der Waals surface area contributed by atoms with E-state index in [4.69, 9.17) is 4.74 Å². The fraction of sp³-hybridized carbons (Fsp3) is 0.263. The molecule has 3 aromatic rings. The smallest absolute Gasteiger partial charge is 0.185 e. The first-order valence-corrected chi connectivity index (χ1v) is 10.7. The van der Waals surface area contributed by atoms with Gasteiger partial charge in [0.15, 0.2) is 12.1 Å². The number of benzene rings is 2. The van der Waals surface area contributed by atoms with Crippen molar-refractivity contribution in [3.05, 3.63) is 54.1 Å². The average molecular weight is 354 g/mol. The van der Waals surface area contributed by atoms with Gasteiger partial charge in [0.2, 0.25) is 0 Å². The van der Waals surface area contributed by atoms with E-state index in [1.807, 2.05) is 18.2 Å². The lowest BCUT2D eigenvalue weighted by Crippen LogP contribution is -2.17. The maximum absolute atomic E-state index is 13.0. The van der Waals surface area contributed by atoms with Crippen LogP contribution in [0.2, 0.25) is 12.1 Å². The van der Waals surface area contributed by atoms with Gasteiger partial charge in [0.25, 0.3) is 0 Å². The van der Waals surface area contributed by atoms with Crippen LogP contribution in [0.4, 0.5) is 4.39 Å². The van der Waals surface area contributed by atoms with Gasteiger partial charge in [-0.15, -0.1) is 0 Å². The molecular weight excluding hydrogens is 335 g/mol. The molecule has 6 heteroatoms. The second kappa shape index (κ2) is 6.80. The molecule has 25 heavy (non-hydrogen) atoms. The van der Waals surface area contributed by atoms with Gasteiger partial charge in [-0.25, -0.2) is 9.37 Å². The zero-order valence-corrected chi connectivity index (χ0v) is 15.2. The molecule has 1 aromatic heterocycles. The molecular formula is C19H19FN2O2Si. The number of fused-ring (bicyclic) bond motifs is 1. The maximum atomic E-state index is 13.0. The molecule has 1 fully saturated rings. The third-order valence-corrected chi connectivity index (χ3v) is 6.60. The molecule has 1 aliphatic rings. The molecule has 0 bridgehead atoms. The summed E-state index contributed by atoms with van der Waals surface area (Å²) in [5, 5.41) is 0. The van der Waals surface area contributed by atoms with Gasteiger partial charge in [0.05, 0.1) is 11.0 Å². The highest BCUT2D eigenvalue weighted by Crippen LogP contribution is 2.33. The Bertz CT molecular complexity index is 902. The van der Waals surface area contributed by atoms with E-state index in [1.165, 1.54) is 24.2 Å². The molecule has 2 heterocycles. The summed E-state index contributed by atoms with van der Waals surface area (Å²) in [6.45, 7) is 0. The van der Waals surface area contributed by atoms with Crippen LogP contribution in [0.15, 0.2) is 42.5 Å². The van der Waals surface area contributed by atoms with Gasteiger partial charge >= 0.3 is 0 Å². The van der Waals surface area contributed by atoms with Crippen molar-refractivity contribution < 1.29 is 13.9 Å². The summed E-state index contributed by atoms with van der Waals surface area (Å²) in [4.78, 5) is 16.0. The topological polar surface area (TPSA) is 44.1 Å². The van der Waals surface area contributed by atoms with E-state index in [-0.39, 0.29) is 15.3 Å². The van der Waals surface area contributed by atoms with Crippen LogP contribution in [0.3, 0.4) is 0 Å².